The Morgan fingerprint density at radius 3 is 2.74 bits per heavy atom. The summed E-state index contributed by atoms with van der Waals surface area (Å²) in [7, 11) is 2.08. The number of hydrogen-bond donors (Lipinski definition) is 1. The second-order valence-electron chi connectivity index (χ2n) is 4.49. The number of aromatic nitrogens is 1. The number of benzene rings is 1. The number of rotatable bonds is 6. The lowest BCUT2D eigenvalue weighted by Crippen LogP contribution is -2.28. The highest BCUT2D eigenvalue weighted by Gasteiger charge is 2.18. The van der Waals surface area contributed by atoms with Crippen LogP contribution < -0.4 is 5.73 Å². The first-order valence-corrected chi connectivity index (χ1v) is 7.42. The van der Waals surface area contributed by atoms with E-state index in [0.29, 0.717) is 11.4 Å². The molecule has 0 aliphatic rings. The molecule has 0 radical (unpaired) electrons. The predicted octanol–water partition coefficient (Wildman–Crippen LogP) is 2.99. The molecular formula is C14H17N3S2. The lowest BCUT2D eigenvalue weighted by Gasteiger charge is -2.27. The Kier molecular flexibility index (Phi) is 5.01. The van der Waals surface area contributed by atoms with Gasteiger partial charge in [-0.1, -0.05) is 42.5 Å². The van der Waals surface area contributed by atoms with Gasteiger partial charge in [-0.3, -0.25) is 4.90 Å². The van der Waals surface area contributed by atoms with Gasteiger partial charge in [0.25, 0.3) is 0 Å². The summed E-state index contributed by atoms with van der Waals surface area (Å²) in [6, 6.07) is 10.5. The summed E-state index contributed by atoms with van der Waals surface area (Å²) in [4.78, 5) is 7.10. The molecule has 0 aliphatic carbocycles. The van der Waals surface area contributed by atoms with Crippen molar-refractivity contribution in [1.82, 2.24) is 9.88 Å². The molecule has 0 spiro atoms. The Morgan fingerprint density at radius 1 is 1.42 bits per heavy atom. The second kappa shape index (κ2) is 6.75. The minimum Gasteiger partial charge on any atom is -0.393 e. The van der Waals surface area contributed by atoms with Crippen LogP contribution in [0.2, 0.25) is 0 Å². The van der Waals surface area contributed by atoms with Gasteiger partial charge in [-0.25, -0.2) is 4.98 Å². The van der Waals surface area contributed by atoms with Crippen LogP contribution in [0.25, 0.3) is 0 Å². The van der Waals surface area contributed by atoms with Crippen LogP contribution in [0.4, 0.5) is 0 Å². The highest BCUT2D eigenvalue weighted by molar-refractivity contribution is 7.80. The van der Waals surface area contributed by atoms with Crippen molar-refractivity contribution >= 4 is 28.5 Å². The Labute approximate surface area is 123 Å². The fourth-order valence-corrected chi connectivity index (χ4v) is 2.78. The Balaban J connectivity index is 2.15. The largest absolute Gasteiger partial charge is 0.393 e. The Bertz CT molecular complexity index is 511. The van der Waals surface area contributed by atoms with Crippen molar-refractivity contribution in [3.8, 4) is 0 Å². The van der Waals surface area contributed by atoms with Crippen molar-refractivity contribution in [3.05, 3.63) is 52.5 Å². The van der Waals surface area contributed by atoms with Gasteiger partial charge in [0, 0.05) is 24.4 Å². The smallest absolute Gasteiger partial charge is 0.0795 e. The van der Waals surface area contributed by atoms with E-state index < -0.39 is 0 Å². The summed E-state index contributed by atoms with van der Waals surface area (Å²) < 4.78 is 0. The first kappa shape index (κ1) is 14.1. The Hall–Kier alpha value is -1.30. The van der Waals surface area contributed by atoms with E-state index in [1.807, 2.05) is 23.7 Å². The van der Waals surface area contributed by atoms with Gasteiger partial charge in [-0.05, 0) is 12.6 Å². The summed E-state index contributed by atoms with van der Waals surface area (Å²) in [6.07, 6.45) is 0.681. The summed E-state index contributed by atoms with van der Waals surface area (Å²) in [6.45, 7) is 0.797. The quantitative estimate of drug-likeness (QED) is 0.831. The molecule has 1 aromatic carbocycles. The van der Waals surface area contributed by atoms with Crippen molar-refractivity contribution in [2.75, 3.05) is 7.05 Å². The molecule has 1 aromatic heterocycles. The molecule has 1 unspecified atom stereocenters. The second-order valence-corrected chi connectivity index (χ2v) is 5.73. The van der Waals surface area contributed by atoms with E-state index in [0.717, 1.165) is 12.2 Å². The molecule has 0 bridgehead atoms. The van der Waals surface area contributed by atoms with Crippen molar-refractivity contribution in [3.63, 3.8) is 0 Å². The highest BCUT2D eigenvalue weighted by Crippen LogP contribution is 2.24. The number of nitrogens with zero attached hydrogens (tertiary/aromatic N) is 2. The van der Waals surface area contributed by atoms with Gasteiger partial charge in [-0.15, -0.1) is 11.3 Å². The molecule has 3 nitrogen and oxygen atoms in total. The maximum atomic E-state index is 5.73. The van der Waals surface area contributed by atoms with E-state index in [2.05, 4.69) is 34.4 Å². The molecule has 2 rings (SSSR count). The fourth-order valence-electron chi connectivity index (χ4n) is 2.08. The molecule has 0 aliphatic heterocycles. The standard InChI is InChI=1S/C14H17N3S2/c1-17(8-12-9-19-10-16-12)13(7-14(15)18)11-5-3-2-4-6-11/h2-6,9-10,13H,7-8H2,1H3,(H2,15,18). The van der Waals surface area contributed by atoms with Crippen LogP contribution in [0.15, 0.2) is 41.2 Å². The maximum Gasteiger partial charge on any atom is 0.0795 e. The summed E-state index contributed by atoms with van der Waals surface area (Å²) >= 11 is 6.69. The number of hydrogen-bond acceptors (Lipinski definition) is 4. The molecule has 1 atom stereocenters. The Morgan fingerprint density at radius 2 is 2.16 bits per heavy atom. The van der Waals surface area contributed by atoms with Gasteiger partial charge in [-0.2, -0.15) is 0 Å². The average molecular weight is 291 g/mol. The van der Waals surface area contributed by atoms with Gasteiger partial charge < -0.3 is 5.73 Å². The van der Waals surface area contributed by atoms with Gasteiger partial charge in [0.15, 0.2) is 0 Å². The first-order chi connectivity index (χ1) is 9.16. The third kappa shape index (κ3) is 4.09. The van der Waals surface area contributed by atoms with Crippen molar-refractivity contribution in [2.45, 2.75) is 19.0 Å². The minimum atomic E-state index is 0.195. The molecule has 1 heterocycles. The predicted molar refractivity (Wildman–Crippen MR) is 84.2 cm³/mol. The van der Waals surface area contributed by atoms with Crippen molar-refractivity contribution < 1.29 is 0 Å². The zero-order valence-corrected chi connectivity index (χ0v) is 12.5. The summed E-state index contributed by atoms with van der Waals surface area (Å²) in [5.74, 6) is 0. The number of thiazole rings is 1. The molecule has 2 aromatic rings. The van der Waals surface area contributed by atoms with Crippen molar-refractivity contribution in [2.24, 2.45) is 5.73 Å². The molecule has 0 saturated heterocycles. The van der Waals surface area contributed by atoms with Crippen LogP contribution in [-0.4, -0.2) is 21.9 Å². The highest BCUT2D eigenvalue weighted by atomic mass is 32.1. The molecule has 2 N–H and O–H groups in total. The molecule has 19 heavy (non-hydrogen) atoms. The summed E-state index contributed by atoms with van der Waals surface area (Å²) in [5.41, 5.74) is 9.90. The average Bonchev–Trinajstić information content (AvgIpc) is 2.89. The van der Waals surface area contributed by atoms with Crippen molar-refractivity contribution in [1.29, 1.82) is 0 Å². The fraction of sp³-hybridized carbons (Fsp3) is 0.286. The van der Waals surface area contributed by atoms with Gasteiger partial charge in [0.2, 0.25) is 0 Å². The molecule has 0 amide bonds. The topological polar surface area (TPSA) is 42.2 Å². The molecular weight excluding hydrogens is 274 g/mol. The molecule has 0 fully saturated rings. The zero-order chi connectivity index (χ0) is 13.7. The first-order valence-electron chi connectivity index (χ1n) is 6.07. The lowest BCUT2D eigenvalue weighted by molar-refractivity contribution is 0.240. The SMILES string of the molecule is CN(Cc1cscn1)C(CC(N)=S)c1ccccc1. The van der Waals surface area contributed by atoms with Gasteiger partial charge >= 0.3 is 0 Å². The zero-order valence-electron chi connectivity index (χ0n) is 10.8. The minimum absolute atomic E-state index is 0.195. The molecule has 5 heteroatoms. The van der Waals surface area contributed by atoms with Crippen LogP contribution in [0, 0.1) is 0 Å². The van der Waals surface area contributed by atoms with Crippen LogP contribution in [-0.2, 0) is 6.54 Å². The van der Waals surface area contributed by atoms with E-state index in [1.54, 1.807) is 11.3 Å². The van der Waals surface area contributed by atoms with Crippen LogP contribution in [0.1, 0.15) is 23.7 Å². The van der Waals surface area contributed by atoms with Gasteiger partial charge in [0.1, 0.15) is 0 Å². The van der Waals surface area contributed by atoms with E-state index in [4.69, 9.17) is 18.0 Å². The van der Waals surface area contributed by atoms with Gasteiger partial charge in [0.05, 0.1) is 16.2 Å². The van der Waals surface area contributed by atoms with Crippen LogP contribution in [0.5, 0.6) is 0 Å². The number of thiocarbonyl (C=S) groups is 1. The van der Waals surface area contributed by atoms with Crippen LogP contribution in [0.3, 0.4) is 0 Å². The lowest BCUT2D eigenvalue weighted by atomic mass is 10.0. The van der Waals surface area contributed by atoms with E-state index in [9.17, 15) is 0 Å². The van der Waals surface area contributed by atoms with E-state index >= 15 is 0 Å². The molecule has 0 saturated carbocycles. The number of nitrogens with two attached hydrogens (primary N) is 1. The van der Waals surface area contributed by atoms with Crippen LogP contribution >= 0.6 is 23.6 Å². The normalized spacial score (nSPS) is 12.5. The monoisotopic (exact) mass is 291 g/mol. The third-order valence-electron chi connectivity index (χ3n) is 3.01. The van der Waals surface area contributed by atoms with E-state index in [-0.39, 0.29) is 6.04 Å². The maximum absolute atomic E-state index is 5.73. The summed E-state index contributed by atoms with van der Waals surface area (Å²) in [5, 5.41) is 2.07. The third-order valence-corrected chi connectivity index (χ3v) is 3.81. The molecule has 100 valence electrons. The van der Waals surface area contributed by atoms with E-state index in [1.165, 1.54) is 5.56 Å².